The minimum atomic E-state index is -0.440. The first-order valence-electron chi connectivity index (χ1n) is 4.64. The molecular formula is C11H12N2O3. The quantitative estimate of drug-likeness (QED) is 0.352. The van der Waals surface area contributed by atoms with Gasteiger partial charge in [0.1, 0.15) is 5.75 Å². The number of nitro benzene ring substituents is 1. The fourth-order valence-corrected chi connectivity index (χ4v) is 1.29. The molecule has 0 spiro atoms. The first-order chi connectivity index (χ1) is 7.69. The van der Waals surface area contributed by atoms with Gasteiger partial charge in [-0.3, -0.25) is 10.1 Å². The highest BCUT2D eigenvalue weighted by Crippen LogP contribution is 2.23. The summed E-state index contributed by atoms with van der Waals surface area (Å²) in [4.78, 5) is 10.2. The molecule has 1 aromatic carbocycles. The van der Waals surface area contributed by atoms with E-state index in [0.29, 0.717) is 24.4 Å². The summed E-state index contributed by atoms with van der Waals surface area (Å²) in [5.41, 5.74) is 0.755. The molecule has 0 bridgehead atoms. The number of methoxy groups -OCH3 is 1. The van der Waals surface area contributed by atoms with Crippen molar-refractivity contribution in [2.24, 2.45) is 0 Å². The van der Waals surface area contributed by atoms with Crippen molar-refractivity contribution in [3.63, 3.8) is 0 Å². The molecule has 0 aromatic heterocycles. The first-order valence-corrected chi connectivity index (χ1v) is 4.64. The Hall–Kier alpha value is -2.06. The molecule has 0 amide bonds. The number of terminal acetylenes is 1. The van der Waals surface area contributed by atoms with Crippen LogP contribution in [0.25, 0.3) is 0 Å². The van der Waals surface area contributed by atoms with E-state index in [4.69, 9.17) is 11.2 Å². The van der Waals surface area contributed by atoms with Crippen molar-refractivity contribution < 1.29 is 9.66 Å². The molecule has 0 heterocycles. The van der Waals surface area contributed by atoms with Crippen LogP contribution in [-0.2, 0) is 6.54 Å². The van der Waals surface area contributed by atoms with Gasteiger partial charge in [0.05, 0.1) is 18.6 Å². The zero-order valence-corrected chi connectivity index (χ0v) is 8.90. The molecule has 1 aromatic rings. The fraction of sp³-hybridized carbons (Fsp3) is 0.273. The number of rotatable bonds is 5. The van der Waals surface area contributed by atoms with Crippen molar-refractivity contribution in [3.05, 3.63) is 33.9 Å². The van der Waals surface area contributed by atoms with Crippen LogP contribution in [0, 0.1) is 22.5 Å². The Bertz CT molecular complexity index is 424. The predicted octanol–water partition coefficient (Wildman–Crippen LogP) is 1.33. The molecule has 0 radical (unpaired) electrons. The van der Waals surface area contributed by atoms with Gasteiger partial charge in [-0.25, -0.2) is 0 Å². The van der Waals surface area contributed by atoms with Crippen LogP contribution in [-0.4, -0.2) is 18.6 Å². The zero-order valence-electron chi connectivity index (χ0n) is 8.90. The van der Waals surface area contributed by atoms with Crippen molar-refractivity contribution >= 4 is 5.69 Å². The van der Waals surface area contributed by atoms with E-state index >= 15 is 0 Å². The van der Waals surface area contributed by atoms with Crippen LogP contribution in [0.3, 0.4) is 0 Å². The summed E-state index contributed by atoms with van der Waals surface area (Å²) >= 11 is 0. The van der Waals surface area contributed by atoms with Gasteiger partial charge in [-0.05, 0) is 6.07 Å². The van der Waals surface area contributed by atoms with Gasteiger partial charge in [0.15, 0.2) is 0 Å². The van der Waals surface area contributed by atoms with E-state index in [1.54, 1.807) is 6.07 Å². The van der Waals surface area contributed by atoms with Crippen molar-refractivity contribution in [1.82, 2.24) is 5.32 Å². The second-order valence-electron chi connectivity index (χ2n) is 3.06. The van der Waals surface area contributed by atoms with Crippen molar-refractivity contribution in [2.45, 2.75) is 6.54 Å². The number of benzene rings is 1. The number of non-ortho nitro benzene ring substituents is 1. The Labute approximate surface area is 93.6 Å². The molecule has 1 rings (SSSR count). The third-order valence-corrected chi connectivity index (χ3v) is 2.02. The van der Waals surface area contributed by atoms with Crippen LogP contribution in [0.15, 0.2) is 18.2 Å². The average Bonchev–Trinajstić information content (AvgIpc) is 2.29. The maximum Gasteiger partial charge on any atom is 0.270 e. The fourth-order valence-electron chi connectivity index (χ4n) is 1.29. The summed E-state index contributed by atoms with van der Waals surface area (Å²) in [7, 11) is 1.52. The number of nitrogens with zero attached hydrogens (tertiary/aromatic N) is 1. The lowest BCUT2D eigenvalue weighted by Crippen LogP contribution is -2.13. The Balaban J connectivity index is 2.89. The summed E-state index contributed by atoms with van der Waals surface area (Å²) in [5.74, 6) is 3.03. The van der Waals surface area contributed by atoms with E-state index in [9.17, 15) is 10.1 Å². The Morgan fingerprint density at radius 2 is 2.38 bits per heavy atom. The van der Waals surface area contributed by atoms with Crippen LogP contribution in [0.4, 0.5) is 5.69 Å². The zero-order chi connectivity index (χ0) is 12.0. The van der Waals surface area contributed by atoms with Crippen LogP contribution in [0.1, 0.15) is 5.56 Å². The molecule has 0 unspecified atom stereocenters. The summed E-state index contributed by atoms with van der Waals surface area (Å²) in [6.45, 7) is 0.848. The molecule has 0 saturated carbocycles. The maximum absolute atomic E-state index is 10.6. The molecule has 0 aliphatic heterocycles. The van der Waals surface area contributed by atoms with Gasteiger partial charge < -0.3 is 10.1 Å². The predicted molar refractivity (Wildman–Crippen MR) is 60.2 cm³/mol. The van der Waals surface area contributed by atoms with E-state index in [1.165, 1.54) is 19.2 Å². The van der Waals surface area contributed by atoms with Crippen LogP contribution in [0.2, 0.25) is 0 Å². The highest BCUT2D eigenvalue weighted by molar-refractivity contribution is 5.43. The van der Waals surface area contributed by atoms with E-state index < -0.39 is 4.92 Å². The SMILES string of the molecule is C#CCNCc1cc([N+](=O)[O-])ccc1OC. The lowest BCUT2D eigenvalue weighted by molar-refractivity contribution is -0.384. The van der Waals surface area contributed by atoms with Gasteiger partial charge in [-0.1, -0.05) is 5.92 Å². The summed E-state index contributed by atoms with van der Waals surface area (Å²) in [5, 5.41) is 13.5. The second kappa shape index (κ2) is 5.73. The van der Waals surface area contributed by atoms with Crippen molar-refractivity contribution in [2.75, 3.05) is 13.7 Å². The first kappa shape index (κ1) is 12.0. The second-order valence-corrected chi connectivity index (χ2v) is 3.06. The van der Waals surface area contributed by atoms with E-state index in [0.717, 1.165) is 0 Å². The summed E-state index contributed by atoms with van der Waals surface area (Å²) < 4.78 is 5.10. The van der Waals surface area contributed by atoms with Gasteiger partial charge in [-0.2, -0.15) is 0 Å². The third kappa shape index (κ3) is 2.97. The maximum atomic E-state index is 10.6. The molecule has 5 nitrogen and oxygen atoms in total. The minimum Gasteiger partial charge on any atom is -0.496 e. The third-order valence-electron chi connectivity index (χ3n) is 2.02. The monoisotopic (exact) mass is 220 g/mol. The van der Waals surface area contributed by atoms with Crippen molar-refractivity contribution in [3.8, 4) is 18.1 Å². The summed E-state index contributed by atoms with van der Waals surface area (Å²) in [6, 6.07) is 4.46. The Kier molecular flexibility index (Phi) is 4.30. The standard InChI is InChI=1S/C11H12N2O3/c1-3-6-12-8-9-7-10(13(14)15)4-5-11(9)16-2/h1,4-5,7,12H,6,8H2,2H3. The van der Waals surface area contributed by atoms with E-state index in [-0.39, 0.29) is 5.69 Å². The number of nitrogens with one attached hydrogen (secondary N) is 1. The molecule has 0 atom stereocenters. The molecule has 0 aliphatic carbocycles. The number of nitro groups is 1. The molecule has 5 heteroatoms. The van der Waals surface area contributed by atoms with Crippen LogP contribution >= 0.6 is 0 Å². The smallest absolute Gasteiger partial charge is 0.270 e. The molecule has 0 fully saturated rings. The number of hydrogen-bond acceptors (Lipinski definition) is 4. The topological polar surface area (TPSA) is 64.4 Å². The Morgan fingerprint density at radius 1 is 1.62 bits per heavy atom. The normalized spacial score (nSPS) is 9.50. The Morgan fingerprint density at radius 3 is 2.94 bits per heavy atom. The van der Waals surface area contributed by atoms with E-state index in [2.05, 4.69) is 11.2 Å². The largest absolute Gasteiger partial charge is 0.496 e. The highest BCUT2D eigenvalue weighted by atomic mass is 16.6. The van der Waals surface area contributed by atoms with Crippen LogP contribution in [0.5, 0.6) is 5.75 Å². The number of hydrogen-bond donors (Lipinski definition) is 1. The van der Waals surface area contributed by atoms with Crippen molar-refractivity contribution in [1.29, 1.82) is 0 Å². The van der Waals surface area contributed by atoms with Gasteiger partial charge in [-0.15, -0.1) is 6.42 Å². The lowest BCUT2D eigenvalue weighted by atomic mass is 10.1. The molecule has 16 heavy (non-hydrogen) atoms. The minimum absolute atomic E-state index is 0.0401. The average molecular weight is 220 g/mol. The molecule has 1 N–H and O–H groups in total. The molecular weight excluding hydrogens is 208 g/mol. The highest BCUT2D eigenvalue weighted by Gasteiger charge is 2.10. The number of ether oxygens (including phenoxy) is 1. The van der Waals surface area contributed by atoms with Gasteiger partial charge in [0.2, 0.25) is 0 Å². The van der Waals surface area contributed by atoms with E-state index in [1.807, 2.05) is 0 Å². The van der Waals surface area contributed by atoms with Gasteiger partial charge in [0, 0.05) is 24.2 Å². The molecule has 0 saturated heterocycles. The summed E-state index contributed by atoms with van der Waals surface area (Å²) in [6.07, 6.45) is 5.09. The van der Waals surface area contributed by atoms with Crippen LogP contribution < -0.4 is 10.1 Å². The van der Waals surface area contributed by atoms with Gasteiger partial charge in [0.25, 0.3) is 5.69 Å². The molecule has 84 valence electrons. The van der Waals surface area contributed by atoms with Gasteiger partial charge >= 0.3 is 0 Å². The molecule has 0 aliphatic rings. The lowest BCUT2D eigenvalue weighted by Gasteiger charge is -2.07.